The van der Waals surface area contributed by atoms with Gasteiger partial charge < -0.3 is 40.5 Å². The first kappa shape index (κ1) is 115. The zero-order valence-electron chi connectivity index (χ0n) is 73.5. The van der Waals surface area contributed by atoms with Gasteiger partial charge in [0.1, 0.15) is 48.3 Å². The standard InChI is InChI=1S/C19H17ClN4O.C13H13BrN4.C11H11Br2N.C11H12BrN.C9H8BrN.C8H8Br2.C8H9Br.2C6H6BClO3.C6H4BrClO/c1-19(2,10-21)16-6-13(9-24-12-22-11-23-24)5-15(7-16)14-3-4-18(25)17(20)8-14;1-13(2,7-15)11-3-10(4-12(14)5-11)6-18-9-16-8-17-18;1-11(2,7-14)9-3-8(6-12)4-10(13)5-9;1-8-4-9(6-10(12)5-8)11(2,3)7-13;1-7-4-8(2-3-11)6-9(10)5-7;1-6-2-7(5-9)4-8(10)3-6;1-6-3-7(2)5-8(9)4-6;2*8-5-3-4(7(10)11)1-2-6(5)9;7-4-1-2-6(9)5(8)3-4/h3-8,11-12,25H,9H2,1-2H3;3-5,8-9H,6H2,1-2H3;3-5H,6H2,1-2H3;4-6H,1-3H3;4-6H,2H2,1H3;2-4H,5H2,1H3;3-5H,1-2H3;2*1-3,9-11H;1-3,9H. The third-order valence-electron chi connectivity index (χ3n) is 18.3. The average molecular weight is 2420 g/mol. The van der Waals surface area contributed by atoms with Crippen molar-refractivity contribution in [2.75, 3.05) is 0 Å². The van der Waals surface area contributed by atoms with Crippen LogP contribution >= 0.6 is 190 Å². The van der Waals surface area contributed by atoms with Crippen molar-refractivity contribution in [3.63, 3.8) is 0 Å². The molecule has 0 atom stereocenters. The predicted octanol–water partition coefficient (Wildman–Crippen LogP) is 26.5. The van der Waals surface area contributed by atoms with E-state index in [1.54, 1.807) is 52.4 Å². The quantitative estimate of drug-likeness (QED) is 0.0370. The van der Waals surface area contributed by atoms with Crippen LogP contribution in [-0.2, 0) is 51.8 Å². The fourth-order valence-corrected chi connectivity index (χ4v) is 16.8. The van der Waals surface area contributed by atoms with Crippen molar-refractivity contribution in [3.05, 3.63) is 355 Å². The van der Waals surface area contributed by atoms with Gasteiger partial charge >= 0.3 is 14.2 Å². The highest BCUT2D eigenvalue weighted by Crippen LogP contribution is 2.36. The third-order valence-corrected chi connectivity index (χ3v) is 24.0. The highest BCUT2D eigenvalue weighted by Gasteiger charge is 2.25. The van der Waals surface area contributed by atoms with Gasteiger partial charge in [-0.2, -0.15) is 36.5 Å². The first-order chi connectivity index (χ1) is 61.4. The predicted molar refractivity (Wildman–Crippen MR) is 561 cm³/mol. The van der Waals surface area contributed by atoms with E-state index in [4.69, 9.17) is 97.6 Å². The summed E-state index contributed by atoms with van der Waals surface area (Å²) in [6.07, 6.45) is 6.82. The van der Waals surface area contributed by atoms with E-state index < -0.39 is 35.9 Å². The number of benzene rings is 11. The minimum atomic E-state index is -1.55. The Labute approximate surface area is 863 Å². The Hall–Kier alpha value is -8.20. The van der Waals surface area contributed by atoms with Crippen LogP contribution in [0, 0.1) is 91.3 Å². The maximum atomic E-state index is 9.64. The highest BCUT2D eigenvalue weighted by molar-refractivity contribution is 9.11. The molecule has 0 spiro atoms. The minimum Gasteiger partial charge on any atom is -0.506 e. The van der Waals surface area contributed by atoms with Gasteiger partial charge in [-0.25, -0.2) is 19.3 Å². The normalized spacial score (nSPS) is 10.5. The van der Waals surface area contributed by atoms with Gasteiger partial charge in [0.15, 0.2) is 0 Å². The van der Waals surface area contributed by atoms with Crippen molar-refractivity contribution in [1.82, 2.24) is 29.5 Å². The second kappa shape index (κ2) is 56.2. The molecule has 682 valence electrons. The van der Waals surface area contributed by atoms with Crippen molar-refractivity contribution in [1.29, 1.82) is 26.3 Å². The number of alkyl halides is 2. The van der Waals surface area contributed by atoms with Crippen LogP contribution in [0.2, 0.25) is 20.1 Å². The monoisotopic (exact) mass is 2410 g/mol. The van der Waals surface area contributed by atoms with Gasteiger partial charge in [0.2, 0.25) is 0 Å². The van der Waals surface area contributed by atoms with E-state index in [1.807, 2.05) is 154 Å². The number of phenols is 4. The van der Waals surface area contributed by atoms with Gasteiger partial charge in [-0.15, -0.1) is 0 Å². The zero-order chi connectivity index (χ0) is 98.4. The summed E-state index contributed by atoms with van der Waals surface area (Å²) in [7, 11) is -3.10. The number of aromatic nitrogens is 6. The van der Waals surface area contributed by atoms with Crippen molar-refractivity contribution in [2.45, 2.75) is 142 Å². The molecule has 0 unspecified atom stereocenters. The molecule has 0 fully saturated rings. The number of aryl methyl sites for hydroxylation is 5. The lowest BCUT2D eigenvalue weighted by molar-refractivity contribution is 0.424. The van der Waals surface area contributed by atoms with Crippen LogP contribution in [0.25, 0.3) is 11.1 Å². The molecular formula is C97H94B2Br9Cl4N11O8. The molecule has 2 aromatic heterocycles. The Bertz CT molecular complexity index is 6000. The lowest BCUT2D eigenvalue weighted by atomic mass is 9.80. The maximum Gasteiger partial charge on any atom is 0.488 e. The summed E-state index contributed by atoms with van der Waals surface area (Å²) >= 11 is 53.1. The topological polar surface area (TPSA) is 342 Å². The number of phenolic OH excluding ortho intramolecular Hbond substituents is 4. The number of hydrogen-bond acceptors (Lipinski definition) is 17. The van der Waals surface area contributed by atoms with Crippen LogP contribution in [0.1, 0.15) is 133 Å². The molecule has 0 bridgehead atoms. The highest BCUT2D eigenvalue weighted by atomic mass is 79.9. The van der Waals surface area contributed by atoms with Crippen molar-refractivity contribution < 1.29 is 40.5 Å². The molecule has 8 N–H and O–H groups in total. The molecular weight excluding hydrogens is 2330 g/mol. The summed E-state index contributed by atoms with van der Waals surface area (Å²) < 4.78 is 10.7. The van der Waals surface area contributed by atoms with Crippen LogP contribution in [0.3, 0.4) is 0 Å². The van der Waals surface area contributed by atoms with Crippen LogP contribution in [0.5, 0.6) is 23.0 Å². The minimum absolute atomic E-state index is 0.0433. The number of nitriles is 5. The fraction of sp³-hybridized carbons (Fsp3) is 0.227. The van der Waals surface area contributed by atoms with Gasteiger partial charge in [-0.3, -0.25) is 0 Å². The van der Waals surface area contributed by atoms with E-state index >= 15 is 0 Å². The lowest BCUT2D eigenvalue weighted by Crippen LogP contribution is -2.29. The molecule has 0 aliphatic heterocycles. The average Bonchev–Trinajstić information content (AvgIpc) is 1.13. The Morgan fingerprint density at radius 2 is 0.634 bits per heavy atom. The Kier molecular flexibility index (Phi) is 49.4. The SMILES string of the molecule is CC(C)(C#N)c1cc(Br)cc(CBr)c1.CC(C)(C#N)c1cc(Br)cc(Cn2cncn2)c1.CC(C)(C#N)c1cc(Cn2cncn2)cc(-c2ccc(O)c(Cl)c2)c1.Cc1cc(Br)cc(C(C)(C)C#N)c1.Cc1cc(Br)cc(CBr)c1.Cc1cc(Br)cc(CC#N)c1.Cc1cc(C)cc(Br)c1.OB(O)c1ccc(O)c(Cl)c1.OB(O)c1ccc(O)c(Cl)c1.Oc1ccc(Br)cc1Cl. The second-order valence-corrected chi connectivity index (χ2v) is 40.5. The van der Waals surface area contributed by atoms with E-state index in [9.17, 15) is 15.6 Å². The summed E-state index contributed by atoms with van der Waals surface area (Å²) in [6.45, 7) is 26.8. The lowest BCUT2D eigenvalue weighted by Gasteiger charge is -2.19. The Morgan fingerprint density at radius 3 is 0.969 bits per heavy atom. The number of nitrogens with zero attached hydrogens (tertiary/aromatic N) is 11. The molecule has 11 aromatic carbocycles. The van der Waals surface area contributed by atoms with Crippen LogP contribution in [0.4, 0.5) is 0 Å². The second-order valence-electron chi connectivity index (χ2n) is 31.4. The summed E-state index contributed by atoms with van der Waals surface area (Å²) in [4.78, 5) is 7.88. The van der Waals surface area contributed by atoms with Crippen molar-refractivity contribution in [2.24, 2.45) is 0 Å². The number of hydrogen-bond donors (Lipinski definition) is 8. The smallest absolute Gasteiger partial charge is 0.488 e. The molecule has 131 heavy (non-hydrogen) atoms. The van der Waals surface area contributed by atoms with Crippen molar-refractivity contribution >= 4 is 215 Å². The molecule has 13 aromatic rings. The van der Waals surface area contributed by atoms with Gasteiger partial charge in [0.25, 0.3) is 0 Å². The van der Waals surface area contributed by atoms with Gasteiger partial charge in [0, 0.05) is 42.0 Å². The maximum absolute atomic E-state index is 9.64. The van der Waals surface area contributed by atoms with E-state index in [0.29, 0.717) is 29.6 Å². The molecule has 13 rings (SSSR count). The third kappa shape index (κ3) is 41.7. The van der Waals surface area contributed by atoms with Crippen molar-refractivity contribution in [3.8, 4) is 64.5 Å². The van der Waals surface area contributed by atoms with Gasteiger partial charge in [-0.05, 0) is 329 Å². The van der Waals surface area contributed by atoms with E-state index in [1.165, 1.54) is 98.5 Å². The zero-order valence-corrected chi connectivity index (χ0v) is 90.8. The summed E-state index contributed by atoms with van der Waals surface area (Å²) in [5, 5.41) is 127. The molecule has 0 radical (unpaired) electrons. The van der Waals surface area contributed by atoms with Crippen LogP contribution < -0.4 is 10.9 Å². The molecule has 0 aliphatic carbocycles. The van der Waals surface area contributed by atoms with E-state index in [2.05, 4.69) is 257 Å². The first-order valence-electron chi connectivity index (χ1n) is 39.3. The molecule has 0 amide bonds. The largest absolute Gasteiger partial charge is 0.506 e. The van der Waals surface area contributed by atoms with E-state index in [-0.39, 0.29) is 44.0 Å². The van der Waals surface area contributed by atoms with Gasteiger partial charge in [-0.1, -0.05) is 250 Å². The molecule has 19 nitrogen and oxygen atoms in total. The van der Waals surface area contributed by atoms with Gasteiger partial charge in [0.05, 0.1) is 91.6 Å². The molecule has 0 saturated carbocycles. The Morgan fingerprint density at radius 1 is 0.328 bits per heavy atom. The molecule has 2 heterocycles. The summed E-state index contributed by atoms with van der Waals surface area (Å²) in [6, 6.07) is 72.3. The summed E-state index contributed by atoms with van der Waals surface area (Å²) in [5.74, 6) is 0.00812. The van der Waals surface area contributed by atoms with Crippen LogP contribution in [-0.4, -0.2) is 84.3 Å². The number of aromatic hydroxyl groups is 4. The molecule has 0 saturated heterocycles. The molecule has 34 heteroatoms. The summed E-state index contributed by atoms with van der Waals surface area (Å²) in [5.41, 5.74) is 16.3. The molecule has 0 aliphatic rings. The first-order valence-corrected chi connectivity index (χ1v) is 48.6. The van der Waals surface area contributed by atoms with Crippen LogP contribution in [0.15, 0.2) is 257 Å². The van der Waals surface area contributed by atoms with E-state index in [0.717, 1.165) is 87.6 Å². The number of rotatable bonds is 14. The number of halogens is 13. The Balaban J connectivity index is 0.000000310. The fourth-order valence-electron chi connectivity index (χ4n) is 11.2.